The molecule has 0 amide bonds. The molecule has 2 nitrogen and oxygen atoms in total. The van der Waals surface area contributed by atoms with E-state index in [0.29, 0.717) is 0 Å². The minimum atomic E-state index is 0.734. The predicted octanol–water partition coefficient (Wildman–Crippen LogP) is 2.17. The van der Waals surface area contributed by atoms with Crippen molar-refractivity contribution in [2.75, 3.05) is 14.2 Å². The van der Waals surface area contributed by atoms with E-state index in [0.717, 1.165) is 11.5 Å². The smallest absolute Gasteiger partial charge is 0.160 e. The molecule has 0 aromatic heterocycles. The molecule has 2 heteroatoms. The first-order valence-electron chi connectivity index (χ1n) is 3.72. The van der Waals surface area contributed by atoms with Gasteiger partial charge in [0.25, 0.3) is 0 Å². The summed E-state index contributed by atoms with van der Waals surface area (Å²) in [6, 6.07) is 0. The first-order valence-corrected chi connectivity index (χ1v) is 3.72. The molecule has 64 valence electrons. The predicted molar refractivity (Wildman–Crippen MR) is 48.5 cm³/mol. The number of ether oxygens (including phenoxy) is 2. The van der Waals surface area contributed by atoms with Crippen LogP contribution in [-0.2, 0) is 9.47 Å². The van der Waals surface area contributed by atoms with Crippen molar-refractivity contribution in [1.29, 1.82) is 0 Å². The second kappa shape index (κ2) is 4.44. The summed E-state index contributed by atoms with van der Waals surface area (Å²) in [6.45, 7) is 0. The molecule has 0 N–H and O–H groups in total. The SMILES string of the molecule is COC1=C(OC)/C=C\C=C/C=C\1. The molecule has 0 bridgehead atoms. The van der Waals surface area contributed by atoms with Crippen molar-refractivity contribution in [2.45, 2.75) is 0 Å². The van der Waals surface area contributed by atoms with Crippen molar-refractivity contribution in [3.63, 3.8) is 0 Å². The number of methoxy groups -OCH3 is 2. The zero-order valence-electron chi connectivity index (χ0n) is 7.28. The highest BCUT2D eigenvalue weighted by Gasteiger charge is 2.00. The lowest BCUT2D eigenvalue weighted by Crippen LogP contribution is -1.92. The molecule has 0 atom stereocenters. The molecule has 1 aliphatic rings. The molecular weight excluding hydrogens is 152 g/mol. The summed E-state index contributed by atoms with van der Waals surface area (Å²) < 4.78 is 10.2. The molecule has 0 aromatic carbocycles. The normalized spacial score (nSPS) is 29.8. The summed E-state index contributed by atoms with van der Waals surface area (Å²) in [5.41, 5.74) is 0. The Morgan fingerprint density at radius 3 is 1.50 bits per heavy atom. The third-order valence-electron chi connectivity index (χ3n) is 1.51. The molecule has 1 aliphatic carbocycles. The minimum Gasteiger partial charge on any atom is -0.493 e. The van der Waals surface area contributed by atoms with Gasteiger partial charge < -0.3 is 9.47 Å². The summed E-state index contributed by atoms with van der Waals surface area (Å²) in [5.74, 6) is 1.47. The molecule has 0 fully saturated rings. The lowest BCUT2D eigenvalue weighted by atomic mass is 10.2. The summed E-state index contributed by atoms with van der Waals surface area (Å²) in [5, 5.41) is 0. The number of hydrogen-bond donors (Lipinski definition) is 0. The van der Waals surface area contributed by atoms with E-state index in [4.69, 9.17) is 9.47 Å². The van der Waals surface area contributed by atoms with E-state index < -0.39 is 0 Å². The molecule has 12 heavy (non-hydrogen) atoms. The van der Waals surface area contributed by atoms with Crippen LogP contribution in [0.5, 0.6) is 0 Å². The van der Waals surface area contributed by atoms with Gasteiger partial charge in [0.15, 0.2) is 11.5 Å². The van der Waals surface area contributed by atoms with Gasteiger partial charge in [-0.25, -0.2) is 0 Å². The standard InChI is InChI=1S/C10H12O2/c1-11-9-7-5-3-4-6-8-10(9)12-2/h3-8H,1-2H3/b4-3-,5-3?,6-4?,7-5-,8-6-,9-7?,10-8?,10-9-. The largest absolute Gasteiger partial charge is 0.493 e. The molecule has 0 saturated heterocycles. The van der Waals surface area contributed by atoms with Crippen molar-refractivity contribution in [3.8, 4) is 0 Å². The molecule has 0 saturated carbocycles. The first-order chi connectivity index (χ1) is 5.88. The van der Waals surface area contributed by atoms with E-state index in [9.17, 15) is 0 Å². The topological polar surface area (TPSA) is 18.5 Å². The maximum atomic E-state index is 5.11. The molecule has 0 heterocycles. The number of rotatable bonds is 2. The van der Waals surface area contributed by atoms with Crippen molar-refractivity contribution in [1.82, 2.24) is 0 Å². The summed E-state index contributed by atoms with van der Waals surface area (Å²) in [6.07, 6.45) is 11.4. The van der Waals surface area contributed by atoms with Crippen LogP contribution in [0.1, 0.15) is 0 Å². The van der Waals surface area contributed by atoms with E-state index in [1.807, 2.05) is 36.5 Å². The van der Waals surface area contributed by atoms with Crippen LogP contribution >= 0.6 is 0 Å². The van der Waals surface area contributed by atoms with Gasteiger partial charge in [0, 0.05) is 0 Å². The Morgan fingerprint density at radius 2 is 1.17 bits per heavy atom. The molecule has 1 rings (SSSR count). The van der Waals surface area contributed by atoms with Gasteiger partial charge in [-0.3, -0.25) is 0 Å². The van der Waals surface area contributed by atoms with Gasteiger partial charge in [0.2, 0.25) is 0 Å². The van der Waals surface area contributed by atoms with Gasteiger partial charge in [0.1, 0.15) is 0 Å². The monoisotopic (exact) mass is 164 g/mol. The second-order valence-electron chi connectivity index (χ2n) is 2.24. The average molecular weight is 164 g/mol. The van der Waals surface area contributed by atoms with E-state index in [1.165, 1.54) is 0 Å². The molecule has 0 radical (unpaired) electrons. The van der Waals surface area contributed by atoms with Crippen molar-refractivity contribution < 1.29 is 9.47 Å². The number of allylic oxidation sites excluding steroid dienone is 6. The molecule has 0 unspecified atom stereocenters. The molecule has 0 spiro atoms. The highest BCUT2D eigenvalue weighted by atomic mass is 16.5. The van der Waals surface area contributed by atoms with Crippen molar-refractivity contribution in [3.05, 3.63) is 48.0 Å². The molecular formula is C10H12O2. The molecule has 0 aliphatic heterocycles. The average Bonchev–Trinajstić information content (AvgIpc) is 2.05. The zero-order valence-corrected chi connectivity index (χ0v) is 7.28. The van der Waals surface area contributed by atoms with Crippen molar-refractivity contribution in [2.24, 2.45) is 0 Å². The van der Waals surface area contributed by atoms with Crippen LogP contribution in [0.4, 0.5) is 0 Å². The van der Waals surface area contributed by atoms with Crippen LogP contribution in [0.15, 0.2) is 48.0 Å². The number of hydrogen-bond acceptors (Lipinski definition) is 2. The van der Waals surface area contributed by atoms with E-state index >= 15 is 0 Å². The maximum absolute atomic E-state index is 5.11. The Labute approximate surface area is 72.5 Å². The van der Waals surface area contributed by atoms with Crippen molar-refractivity contribution >= 4 is 0 Å². The fourth-order valence-corrected chi connectivity index (χ4v) is 0.916. The summed E-state index contributed by atoms with van der Waals surface area (Å²) >= 11 is 0. The molecule has 0 aromatic rings. The third-order valence-corrected chi connectivity index (χ3v) is 1.51. The van der Waals surface area contributed by atoms with E-state index in [1.54, 1.807) is 14.2 Å². The Morgan fingerprint density at radius 1 is 0.750 bits per heavy atom. The van der Waals surface area contributed by atoms with Crippen LogP contribution in [0.25, 0.3) is 0 Å². The van der Waals surface area contributed by atoms with Gasteiger partial charge >= 0.3 is 0 Å². The summed E-state index contributed by atoms with van der Waals surface area (Å²) in [4.78, 5) is 0. The quantitative estimate of drug-likeness (QED) is 0.622. The van der Waals surface area contributed by atoms with E-state index in [-0.39, 0.29) is 0 Å². The Hall–Kier alpha value is -1.44. The highest BCUT2D eigenvalue weighted by molar-refractivity contribution is 5.31. The zero-order chi connectivity index (χ0) is 8.81. The Kier molecular flexibility index (Phi) is 3.20. The second-order valence-corrected chi connectivity index (χ2v) is 2.24. The van der Waals surface area contributed by atoms with Crippen LogP contribution in [0, 0.1) is 0 Å². The summed E-state index contributed by atoms with van der Waals surface area (Å²) in [7, 11) is 3.25. The van der Waals surface area contributed by atoms with Gasteiger partial charge in [-0.05, 0) is 12.2 Å². The van der Waals surface area contributed by atoms with Gasteiger partial charge in [0.05, 0.1) is 14.2 Å². The van der Waals surface area contributed by atoms with Gasteiger partial charge in [-0.1, -0.05) is 24.3 Å². The third kappa shape index (κ3) is 2.02. The van der Waals surface area contributed by atoms with Gasteiger partial charge in [-0.15, -0.1) is 0 Å². The fourth-order valence-electron chi connectivity index (χ4n) is 0.916. The fraction of sp³-hybridized carbons (Fsp3) is 0.200. The van der Waals surface area contributed by atoms with Crippen LogP contribution in [-0.4, -0.2) is 14.2 Å². The van der Waals surface area contributed by atoms with Crippen LogP contribution in [0.2, 0.25) is 0 Å². The first kappa shape index (κ1) is 8.65. The Bertz CT molecular complexity index is 231. The maximum Gasteiger partial charge on any atom is 0.160 e. The van der Waals surface area contributed by atoms with Gasteiger partial charge in [-0.2, -0.15) is 0 Å². The van der Waals surface area contributed by atoms with Crippen LogP contribution < -0.4 is 0 Å². The highest BCUT2D eigenvalue weighted by Crippen LogP contribution is 2.11. The van der Waals surface area contributed by atoms with E-state index in [2.05, 4.69) is 0 Å². The lowest BCUT2D eigenvalue weighted by Gasteiger charge is -2.06. The minimum absolute atomic E-state index is 0.734. The lowest BCUT2D eigenvalue weighted by molar-refractivity contribution is 0.241. The Balaban J connectivity index is 2.95. The van der Waals surface area contributed by atoms with Crippen LogP contribution in [0.3, 0.4) is 0 Å².